The number of hydrogen-bond donors (Lipinski definition) is 2. The molecule has 2 aromatic carbocycles. The van der Waals surface area contributed by atoms with Crippen molar-refractivity contribution in [1.29, 1.82) is 0 Å². The van der Waals surface area contributed by atoms with Gasteiger partial charge in [-0.2, -0.15) is 0 Å². The number of amides is 1. The number of carbonyl (C=O) groups is 1. The van der Waals surface area contributed by atoms with Crippen molar-refractivity contribution in [3.05, 3.63) is 65.2 Å². The fraction of sp³-hybridized carbons (Fsp3) is 0.364. The van der Waals surface area contributed by atoms with E-state index in [4.69, 9.17) is 0 Å². The molecule has 0 bridgehead atoms. The van der Waals surface area contributed by atoms with Crippen LogP contribution in [-0.4, -0.2) is 64.2 Å². The van der Waals surface area contributed by atoms with E-state index < -0.39 is 27.3 Å². The van der Waals surface area contributed by atoms with Crippen LogP contribution in [0.2, 0.25) is 0 Å². The maximum absolute atomic E-state index is 13.3. The van der Waals surface area contributed by atoms with E-state index in [0.717, 1.165) is 42.2 Å². The van der Waals surface area contributed by atoms with Gasteiger partial charge in [-0.15, -0.1) is 0 Å². The zero-order valence-electron chi connectivity index (χ0n) is 17.8. The van der Waals surface area contributed by atoms with Gasteiger partial charge in [-0.25, -0.2) is 17.2 Å². The summed E-state index contributed by atoms with van der Waals surface area (Å²) in [5.41, 5.74) is 2.14. The number of rotatable bonds is 10. The van der Waals surface area contributed by atoms with Crippen molar-refractivity contribution < 1.29 is 22.0 Å². The highest BCUT2D eigenvalue weighted by Crippen LogP contribution is 2.14. The number of likely N-dealkylation sites (N-methyl/N-ethyl adjacent to an activating group) is 1. The molecule has 0 atom stereocenters. The normalized spacial score (nSPS) is 13.5. The van der Waals surface area contributed by atoms with Crippen LogP contribution in [0, 0.1) is 11.6 Å². The van der Waals surface area contributed by atoms with E-state index in [0.29, 0.717) is 19.0 Å². The Bertz CT molecular complexity index is 1090. The summed E-state index contributed by atoms with van der Waals surface area (Å²) in [6.45, 7) is 2.32. The van der Waals surface area contributed by atoms with Crippen LogP contribution in [0.5, 0.6) is 0 Å². The van der Waals surface area contributed by atoms with Crippen LogP contribution in [0.15, 0.2) is 52.4 Å². The van der Waals surface area contributed by atoms with Crippen LogP contribution < -0.4 is 10.6 Å². The van der Waals surface area contributed by atoms with Gasteiger partial charge in [-0.3, -0.25) is 9.79 Å². The summed E-state index contributed by atoms with van der Waals surface area (Å²) in [5, 5.41) is 5.91. The summed E-state index contributed by atoms with van der Waals surface area (Å²) in [6.07, 6.45) is 0.814. The third kappa shape index (κ3) is 6.33. The number of halogens is 2. The van der Waals surface area contributed by atoms with E-state index in [1.807, 2.05) is 24.3 Å². The Kier molecular flexibility index (Phi) is 7.92. The van der Waals surface area contributed by atoms with Gasteiger partial charge in [-0.05, 0) is 30.2 Å². The predicted molar refractivity (Wildman–Crippen MR) is 118 cm³/mol. The second kappa shape index (κ2) is 10.6. The summed E-state index contributed by atoms with van der Waals surface area (Å²) in [4.78, 5) is 18.0. The minimum atomic E-state index is -3.83. The first-order chi connectivity index (χ1) is 15.3. The van der Waals surface area contributed by atoms with Gasteiger partial charge in [0.05, 0.1) is 11.4 Å². The Morgan fingerprint density at radius 1 is 1.16 bits per heavy atom. The van der Waals surface area contributed by atoms with Gasteiger partial charge in [0.15, 0.2) is 21.5 Å². The third-order valence-corrected chi connectivity index (χ3v) is 6.68. The molecule has 0 saturated carbocycles. The van der Waals surface area contributed by atoms with Crippen molar-refractivity contribution in [3.8, 4) is 0 Å². The largest absolute Gasteiger partial charge is 0.368 e. The standard InChI is InChI=1S/C22H26F2N4O3S/c1-28(13-9-16-2-4-17(5-3-16)22-26-11-12-27-22)21(29)8-10-25-15-32(30,31)18-6-7-19(23)20(24)14-18/h2-7,14,25H,8-13,15H2,1H3,(H,26,27). The molecule has 0 unspecified atom stereocenters. The van der Waals surface area contributed by atoms with E-state index in [2.05, 4.69) is 15.6 Å². The Morgan fingerprint density at radius 3 is 2.56 bits per heavy atom. The minimum Gasteiger partial charge on any atom is -0.368 e. The molecule has 1 aliphatic heterocycles. The second-order valence-corrected chi connectivity index (χ2v) is 9.49. The molecule has 1 heterocycles. The quantitative estimate of drug-likeness (QED) is 0.413. The van der Waals surface area contributed by atoms with Crippen molar-refractivity contribution in [2.45, 2.75) is 17.7 Å². The van der Waals surface area contributed by atoms with Crippen LogP contribution >= 0.6 is 0 Å². The van der Waals surface area contributed by atoms with Gasteiger partial charge in [0.25, 0.3) is 0 Å². The van der Waals surface area contributed by atoms with Gasteiger partial charge >= 0.3 is 0 Å². The van der Waals surface area contributed by atoms with Crippen LogP contribution in [-0.2, 0) is 21.1 Å². The molecule has 2 aromatic rings. The van der Waals surface area contributed by atoms with E-state index in [-0.39, 0.29) is 23.8 Å². The molecule has 172 valence electrons. The first-order valence-electron chi connectivity index (χ1n) is 10.3. The van der Waals surface area contributed by atoms with Crippen molar-refractivity contribution in [2.24, 2.45) is 4.99 Å². The van der Waals surface area contributed by atoms with Crippen LogP contribution in [0.1, 0.15) is 17.5 Å². The minimum absolute atomic E-state index is 0.119. The Balaban J connectivity index is 1.39. The molecule has 0 aliphatic carbocycles. The summed E-state index contributed by atoms with van der Waals surface area (Å²) in [5.74, 6) is -2.02. The van der Waals surface area contributed by atoms with Gasteiger partial charge < -0.3 is 15.5 Å². The number of nitrogens with zero attached hydrogens (tertiary/aromatic N) is 2. The lowest BCUT2D eigenvalue weighted by molar-refractivity contribution is -0.129. The number of benzene rings is 2. The highest BCUT2D eigenvalue weighted by molar-refractivity contribution is 7.91. The number of sulfone groups is 1. The van der Waals surface area contributed by atoms with Crippen molar-refractivity contribution in [2.75, 3.05) is 39.1 Å². The number of amidine groups is 1. The molecule has 0 fully saturated rings. The smallest absolute Gasteiger partial charge is 0.223 e. The zero-order chi connectivity index (χ0) is 23.1. The molecule has 1 amide bonds. The Hall–Kier alpha value is -2.85. The predicted octanol–water partition coefficient (Wildman–Crippen LogP) is 1.73. The number of nitrogens with one attached hydrogen (secondary N) is 2. The molecule has 1 aliphatic rings. The van der Waals surface area contributed by atoms with E-state index in [1.165, 1.54) is 0 Å². The molecule has 0 saturated heterocycles. The highest BCUT2D eigenvalue weighted by atomic mass is 32.2. The topological polar surface area (TPSA) is 90.9 Å². The Labute approximate surface area is 186 Å². The molecule has 0 spiro atoms. The molecule has 0 aromatic heterocycles. The molecule has 7 nitrogen and oxygen atoms in total. The van der Waals surface area contributed by atoms with E-state index in [1.54, 1.807) is 11.9 Å². The number of aliphatic imine (C=N–C) groups is 1. The highest BCUT2D eigenvalue weighted by Gasteiger charge is 2.17. The number of hydrogen-bond acceptors (Lipinski definition) is 6. The Morgan fingerprint density at radius 2 is 1.91 bits per heavy atom. The maximum atomic E-state index is 13.3. The molecular formula is C22H26F2N4O3S. The van der Waals surface area contributed by atoms with E-state index in [9.17, 15) is 22.0 Å². The van der Waals surface area contributed by atoms with Crippen LogP contribution in [0.25, 0.3) is 0 Å². The lowest BCUT2D eigenvalue weighted by Crippen LogP contribution is -2.32. The van der Waals surface area contributed by atoms with Gasteiger partial charge in [-0.1, -0.05) is 24.3 Å². The second-order valence-electron chi connectivity index (χ2n) is 7.50. The van der Waals surface area contributed by atoms with Gasteiger partial charge in [0.1, 0.15) is 11.7 Å². The summed E-state index contributed by atoms with van der Waals surface area (Å²) in [6, 6.07) is 10.5. The first-order valence-corrected chi connectivity index (χ1v) is 11.9. The average molecular weight is 465 g/mol. The summed E-state index contributed by atoms with van der Waals surface area (Å²) in [7, 11) is -2.13. The van der Waals surface area contributed by atoms with Crippen LogP contribution in [0.4, 0.5) is 8.78 Å². The molecule has 0 radical (unpaired) electrons. The lowest BCUT2D eigenvalue weighted by atomic mass is 10.1. The zero-order valence-corrected chi connectivity index (χ0v) is 18.6. The summed E-state index contributed by atoms with van der Waals surface area (Å²) >= 11 is 0. The SMILES string of the molecule is CN(CCc1ccc(C2=NCCN2)cc1)C(=O)CCNCS(=O)(=O)c1ccc(F)c(F)c1. The molecule has 10 heteroatoms. The average Bonchev–Trinajstić information content (AvgIpc) is 3.32. The third-order valence-electron chi connectivity index (χ3n) is 5.12. The van der Waals surface area contributed by atoms with E-state index >= 15 is 0 Å². The molecule has 3 rings (SSSR count). The molecular weight excluding hydrogens is 438 g/mol. The monoisotopic (exact) mass is 464 g/mol. The maximum Gasteiger partial charge on any atom is 0.223 e. The van der Waals surface area contributed by atoms with Crippen LogP contribution in [0.3, 0.4) is 0 Å². The van der Waals surface area contributed by atoms with Gasteiger partial charge in [0, 0.05) is 38.7 Å². The fourth-order valence-corrected chi connectivity index (χ4v) is 4.33. The van der Waals surface area contributed by atoms with Crippen molar-refractivity contribution in [3.63, 3.8) is 0 Å². The first kappa shape index (κ1) is 23.8. The lowest BCUT2D eigenvalue weighted by Gasteiger charge is -2.17. The van der Waals surface area contributed by atoms with Crippen molar-refractivity contribution in [1.82, 2.24) is 15.5 Å². The number of carbonyl (C=O) groups excluding carboxylic acids is 1. The summed E-state index contributed by atoms with van der Waals surface area (Å²) < 4.78 is 50.6. The van der Waals surface area contributed by atoms with Crippen molar-refractivity contribution >= 4 is 21.6 Å². The molecule has 32 heavy (non-hydrogen) atoms. The fourth-order valence-electron chi connectivity index (χ4n) is 3.19. The van der Waals surface area contributed by atoms with Gasteiger partial charge in [0.2, 0.25) is 5.91 Å². The molecule has 2 N–H and O–H groups in total.